The van der Waals surface area contributed by atoms with Gasteiger partial charge in [-0.05, 0) is 47.7 Å². The topological polar surface area (TPSA) is 115 Å². The maximum absolute atomic E-state index is 10.5. The monoisotopic (exact) mass is 527 g/mol. The molecule has 10 heteroatoms. The zero-order chi connectivity index (χ0) is 26.1. The number of halogens is 1. The molecular weight excluding hydrogens is 502 g/mol. The molecule has 1 aromatic heterocycles. The summed E-state index contributed by atoms with van der Waals surface area (Å²) >= 11 is 7.95. The number of aliphatic carboxylic acids is 1. The van der Waals surface area contributed by atoms with Crippen LogP contribution in [0.2, 0.25) is 5.02 Å². The fourth-order valence-corrected chi connectivity index (χ4v) is 4.04. The quantitative estimate of drug-likeness (QED) is 0.195. The van der Waals surface area contributed by atoms with Gasteiger partial charge in [-0.3, -0.25) is 0 Å². The molecule has 0 unspecified atom stereocenters. The van der Waals surface area contributed by atoms with Gasteiger partial charge in [0.15, 0.2) is 10.9 Å². The highest BCUT2D eigenvalue weighted by Crippen LogP contribution is 2.38. The van der Waals surface area contributed by atoms with Gasteiger partial charge in [0.1, 0.15) is 31.6 Å². The lowest BCUT2D eigenvalue weighted by Crippen LogP contribution is -2.19. The Balaban J connectivity index is 1.70. The summed E-state index contributed by atoms with van der Waals surface area (Å²) in [7, 11) is 0. The van der Waals surface area contributed by atoms with E-state index >= 15 is 0 Å². The van der Waals surface area contributed by atoms with Crippen LogP contribution in [0.25, 0.3) is 0 Å². The zero-order valence-corrected chi connectivity index (χ0v) is 21.7. The highest BCUT2D eigenvalue weighted by Gasteiger charge is 2.26. The molecule has 2 aromatic carbocycles. The predicted octanol–water partition coefficient (Wildman–Crippen LogP) is 5.11. The number of thioether (sulfide) groups is 1. The number of hydrogen-bond acceptors (Lipinski definition) is 8. The lowest BCUT2D eigenvalue weighted by atomic mass is 9.77. The van der Waals surface area contributed by atoms with Gasteiger partial charge in [-0.25, -0.2) is 14.8 Å². The Labute approximate surface area is 219 Å². The summed E-state index contributed by atoms with van der Waals surface area (Å²) in [4.78, 5) is 19.1. The van der Waals surface area contributed by atoms with Crippen LogP contribution in [0.1, 0.15) is 36.2 Å². The summed E-state index contributed by atoms with van der Waals surface area (Å²) in [6.45, 7) is 4.13. The van der Waals surface area contributed by atoms with E-state index in [2.05, 4.69) is 16.0 Å². The molecule has 0 atom stereocenters. The van der Waals surface area contributed by atoms with Crippen LogP contribution >= 0.6 is 23.4 Å². The summed E-state index contributed by atoms with van der Waals surface area (Å²) in [5.74, 6) is -0.105. The number of carboxylic acid groups (broad SMARTS) is 1. The Morgan fingerprint density at radius 1 is 1.14 bits per heavy atom. The predicted molar refractivity (Wildman–Crippen MR) is 137 cm³/mol. The largest absolute Gasteiger partial charge is 0.488 e. The fourth-order valence-electron chi connectivity index (χ4n) is 3.39. The van der Waals surface area contributed by atoms with Crippen LogP contribution in [-0.2, 0) is 21.6 Å². The number of ether oxygens (including phenoxy) is 3. The Morgan fingerprint density at radius 2 is 1.89 bits per heavy atom. The second kappa shape index (κ2) is 12.6. The maximum atomic E-state index is 10.5. The van der Waals surface area contributed by atoms with Crippen molar-refractivity contribution in [2.24, 2.45) is 0 Å². The van der Waals surface area contributed by atoms with Crippen LogP contribution in [-0.4, -0.2) is 47.1 Å². The van der Waals surface area contributed by atoms with Gasteiger partial charge in [-0.15, -0.1) is 0 Å². The van der Waals surface area contributed by atoms with Crippen LogP contribution in [0.15, 0.2) is 53.8 Å². The van der Waals surface area contributed by atoms with E-state index in [9.17, 15) is 10.1 Å². The number of benzene rings is 2. The standard InChI is InChI=1S/C26H26ClN3O5S/c1-26(2,18-4-6-21(7-5-18)35-15-20-8-9-29-25(30-20)36-3)19-12-17(14-28)24(22(27)13-19)34-11-10-33-16-23(31)32/h4-9,12-13H,10-11,15-16H2,1-3H3,(H,31,32). The van der Waals surface area contributed by atoms with Gasteiger partial charge < -0.3 is 19.3 Å². The van der Waals surface area contributed by atoms with E-state index in [0.717, 1.165) is 16.8 Å². The van der Waals surface area contributed by atoms with Gasteiger partial charge in [0.25, 0.3) is 0 Å². The van der Waals surface area contributed by atoms with Gasteiger partial charge in [-0.1, -0.05) is 49.3 Å². The SMILES string of the molecule is CSc1nccc(COc2ccc(C(C)(C)c3cc(Cl)c(OCCOCC(=O)O)c(C#N)c3)cc2)n1. The number of nitrogens with zero attached hydrogens (tertiary/aromatic N) is 3. The van der Waals surface area contributed by atoms with Crippen LogP contribution in [0.5, 0.6) is 11.5 Å². The molecule has 0 fully saturated rings. The van der Waals surface area contributed by atoms with Gasteiger partial charge in [0.2, 0.25) is 0 Å². The molecule has 188 valence electrons. The lowest BCUT2D eigenvalue weighted by molar-refractivity contribution is -0.142. The Morgan fingerprint density at radius 3 is 2.56 bits per heavy atom. The van der Waals surface area contributed by atoms with Crippen molar-refractivity contribution in [2.45, 2.75) is 31.0 Å². The number of nitriles is 1. The highest BCUT2D eigenvalue weighted by molar-refractivity contribution is 7.98. The van der Waals surface area contributed by atoms with Gasteiger partial charge >= 0.3 is 5.97 Å². The minimum atomic E-state index is -1.06. The summed E-state index contributed by atoms with van der Waals surface area (Å²) in [5, 5.41) is 19.3. The van der Waals surface area contributed by atoms with Crippen molar-refractivity contribution in [1.82, 2.24) is 9.97 Å². The van der Waals surface area contributed by atoms with Crippen molar-refractivity contribution in [1.29, 1.82) is 5.26 Å². The summed E-state index contributed by atoms with van der Waals surface area (Å²) in [5.41, 5.74) is 2.48. The van der Waals surface area contributed by atoms with Crippen molar-refractivity contribution in [2.75, 3.05) is 26.1 Å². The van der Waals surface area contributed by atoms with Crippen molar-refractivity contribution < 1.29 is 24.1 Å². The first-order valence-corrected chi connectivity index (χ1v) is 12.6. The molecule has 1 N–H and O–H groups in total. The number of rotatable bonds is 12. The highest BCUT2D eigenvalue weighted by atomic mass is 35.5. The number of carboxylic acids is 1. The Kier molecular flexibility index (Phi) is 9.53. The number of aromatic nitrogens is 2. The molecule has 0 aliphatic heterocycles. The second-order valence-electron chi connectivity index (χ2n) is 8.21. The molecule has 0 amide bonds. The fraction of sp³-hybridized carbons (Fsp3) is 0.308. The molecule has 1 heterocycles. The Bertz CT molecular complexity index is 1250. The smallest absolute Gasteiger partial charge is 0.329 e. The molecule has 0 saturated heterocycles. The minimum absolute atomic E-state index is 0.0606. The van der Waals surface area contributed by atoms with Crippen LogP contribution in [0.4, 0.5) is 0 Å². The van der Waals surface area contributed by atoms with Gasteiger partial charge in [-0.2, -0.15) is 5.26 Å². The molecule has 0 aliphatic rings. The minimum Gasteiger partial charge on any atom is -0.488 e. The molecule has 8 nitrogen and oxygen atoms in total. The van der Waals surface area contributed by atoms with Gasteiger partial charge in [0, 0.05) is 11.6 Å². The van der Waals surface area contributed by atoms with E-state index in [0.29, 0.717) is 28.1 Å². The second-order valence-corrected chi connectivity index (χ2v) is 9.39. The molecule has 36 heavy (non-hydrogen) atoms. The Hall–Kier alpha value is -3.32. The maximum Gasteiger partial charge on any atom is 0.329 e. The third-order valence-electron chi connectivity index (χ3n) is 5.42. The molecule has 0 bridgehead atoms. The number of carbonyl (C=O) groups is 1. The molecule has 3 aromatic rings. The first-order chi connectivity index (χ1) is 17.2. The average Bonchev–Trinajstić information content (AvgIpc) is 2.87. The third-order valence-corrected chi connectivity index (χ3v) is 6.26. The average molecular weight is 528 g/mol. The van der Waals surface area contributed by atoms with E-state index < -0.39 is 18.0 Å². The van der Waals surface area contributed by atoms with E-state index in [4.69, 9.17) is 30.9 Å². The van der Waals surface area contributed by atoms with E-state index in [-0.39, 0.29) is 19.0 Å². The summed E-state index contributed by atoms with van der Waals surface area (Å²) in [6.07, 6.45) is 3.64. The lowest BCUT2D eigenvalue weighted by Gasteiger charge is -2.27. The normalized spacial score (nSPS) is 11.1. The molecule has 0 spiro atoms. The van der Waals surface area contributed by atoms with Crippen LogP contribution in [0.3, 0.4) is 0 Å². The van der Waals surface area contributed by atoms with Crippen molar-refractivity contribution >= 4 is 29.3 Å². The zero-order valence-electron chi connectivity index (χ0n) is 20.2. The molecule has 3 rings (SSSR count). The first-order valence-electron chi connectivity index (χ1n) is 11.0. The number of hydrogen-bond donors (Lipinski definition) is 1. The molecule has 0 saturated carbocycles. The van der Waals surface area contributed by atoms with Crippen molar-refractivity contribution in [3.05, 3.63) is 76.1 Å². The molecule has 0 aliphatic carbocycles. The van der Waals surface area contributed by atoms with Crippen LogP contribution < -0.4 is 9.47 Å². The van der Waals surface area contributed by atoms with E-state index in [1.54, 1.807) is 18.3 Å². The van der Waals surface area contributed by atoms with Crippen LogP contribution in [0, 0.1) is 11.3 Å². The first kappa shape index (κ1) is 27.3. The molecule has 0 radical (unpaired) electrons. The van der Waals surface area contributed by atoms with Crippen molar-refractivity contribution in [3.63, 3.8) is 0 Å². The van der Waals surface area contributed by atoms with E-state index in [1.807, 2.05) is 50.4 Å². The third kappa shape index (κ3) is 7.10. The van der Waals surface area contributed by atoms with E-state index in [1.165, 1.54) is 11.8 Å². The van der Waals surface area contributed by atoms with Gasteiger partial charge in [0.05, 0.1) is 22.9 Å². The molecular formula is C26H26ClN3O5S. The van der Waals surface area contributed by atoms with Crippen molar-refractivity contribution in [3.8, 4) is 17.6 Å². The summed E-state index contributed by atoms with van der Waals surface area (Å²) < 4.78 is 16.5. The summed E-state index contributed by atoms with van der Waals surface area (Å²) in [6, 6.07) is 15.2.